The van der Waals surface area contributed by atoms with Gasteiger partial charge in [0.15, 0.2) is 0 Å². The van der Waals surface area contributed by atoms with Crippen molar-refractivity contribution in [1.29, 1.82) is 0 Å². The van der Waals surface area contributed by atoms with E-state index in [1.165, 1.54) is 0 Å². The topological polar surface area (TPSA) is 86.8 Å². The van der Waals surface area contributed by atoms with Crippen LogP contribution >= 0.6 is 11.6 Å². The van der Waals surface area contributed by atoms with Crippen molar-refractivity contribution in [3.05, 3.63) is 101 Å². The highest BCUT2D eigenvalue weighted by Crippen LogP contribution is 2.29. The number of nitrogens with one attached hydrogen (secondary N) is 2. The number of rotatable bonds is 8. The molecular formula is C34H40ClN5O3. The summed E-state index contributed by atoms with van der Waals surface area (Å²) in [4.78, 5) is 34.6. The summed E-state index contributed by atoms with van der Waals surface area (Å²) >= 11 is 5.97. The molecule has 226 valence electrons. The summed E-state index contributed by atoms with van der Waals surface area (Å²) in [6.45, 7) is 3.75. The molecule has 2 atom stereocenters. The number of fused-ring (bicyclic) bond motifs is 3. The number of anilines is 1. The SMILES string of the molecule is CN(CCc1ccccn1)c1ccc2c(c1)CNCC(=O)N1CC[C@@H](CC(=O)NCc3ccc(Cl)cc3)[C@@H](/C=C/CO2)C1. The molecule has 2 bridgehead atoms. The Labute approximate surface area is 259 Å². The van der Waals surface area contributed by atoms with Crippen molar-refractivity contribution in [3.8, 4) is 5.75 Å². The van der Waals surface area contributed by atoms with Crippen LogP contribution in [0.2, 0.25) is 5.02 Å². The van der Waals surface area contributed by atoms with Crippen LogP contribution in [0.5, 0.6) is 5.75 Å². The number of likely N-dealkylation sites (N-methyl/N-ethyl adjacent to an activating group) is 1. The highest BCUT2D eigenvalue weighted by molar-refractivity contribution is 6.30. The lowest BCUT2D eigenvalue weighted by molar-refractivity contribution is -0.132. The van der Waals surface area contributed by atoms with Gasteiger partial charge in [0.2, 0.25) is 11.8 Å². The van der Waals surface area contributed by atoms with Gasteiger partial charge in [-0.15, -0.1) is 0 Å². The van der Waals surface area contributed by atoms with E-state index in [0.29, 0.717) is 44.2 Å². The van der Waals surface area contributed by atoms with Crippen LogP contribution in [0.1, 0.15) is 29.7 Å². The molecule has 2 aliphatic heterocycles. The Morgan fingerprint density at radius 1 is 1.16 bits per heavy atom. The van der Waals surface area contributed by atoms with E-state index in [1.54, 1.807) is 0 Å². The normalized spacial score (nSPS) is 19.6. The minimum atomic E-state index is 0.0173. The molecule has 1 aromatic heterocycles. The van der Waals surface area contributed by atoms with Gasteiger partial charge >= 0.3 is 0 Å². The lowest BCUT2D eigenvalue weighted by Gasteiger charge is -2.37. The molecule has 2 N–H and O–H groups in total. The van der Waals surface area contributed by atoms with E-state index in [-0.39, 0.29) is 30.2 Å². The van der Waals surface area contributed by atoms with Gasteiger partial charge in [-0.3, -0.25) is 14.6 Å². The van der Waals surface area contributed by atoms with E-state index >= 15 is 0 Å². The maximum atomic E-state index is 13.2. The number of carbonyl (C=O) groups is 2. The Balaban J connectivity index is 1.21. The van der Waals surface area contributed by atoms with Gasteiger partial charge in [-0.05, 0) is 66.3 Å². The van der Waals surface area contributed by atoms with E-state index < -0.39 is 0 Å². The van der Waals surface area contributed by atoms with Crippen LogP contribution in [0.25, 0.3) is 0 Å². The number of aromatic nitrogens is 1. The van der Waals surface area contributed by atoms with Crippen molar-refractivity contribution < 1.29 is 14.3 Å². The summed E-state index contributed by atoms with van der Waals surface area (Å²) in [5, 5.41) is 7.06. The lowest BCUT2D eigenvalue weighted by Crippen LogP contribution is -2.47. The lowest BCUT2D eigenvalue weighted by atomic mass is 9.82. The maximum Gasteiger partial charge on any atom is 0.236 e. The van der Waals surface area contributed by atoms with Gasteiger partial charge in [0, 0.05) is 80.8 Å². The highest BCUT2D eigenvalue weighted by Gasteiger charge is 2.31. The van der Waals surface area contributed by atoms with Crippen molar-refractivity contribution in [2.24, 2.45) is 11.8 Å². The highest BCUT2D eigenvalue weighted by atomic mass is 35.5. The fraction of sp³-hybridized carbons (Fsp3) is 0.382. The predicted octanol–water partition coefficient (Wildman–Crippen LogP) is 4.62. The summed E-state index contributed by atoms with van der Waals surface area (Å²) < 4.78 is 6.20. The summed E-state index contributed by atoms with van der Waals surface area (Å²) in [5.74, 6) is 1.13. The number of hydrogen-bond donors (Lipinski definition) is 2. The molecular weight excluding hydrogens is 562 g/mol. The molecule has 0 aliphatic carbocycles. The molecule has 0 unspecified atom stereocenters. The number of benzene rings is 2. The average molecular weight is 602 g/mol. The molecule has 8 nitrogen and oxygen atoms in total. The van der Waals surface area contributed by atoms with Crippen molar-refractivity contribution in [2.75, 3.05) is 44.7 Å². The second-order valence-electron chi connectivity index (χ2n) is 11.3. The molecule has 1 fully saturated rings. The Bertz CT molecular complexity index is 1400. The van der Waals surface area contributed by atoms with Crippen LogP contribution in [0.4, 0.5) is 5.69 Å². The molecule has 1 saturated heterocycles. The van der Waals surface area contributed by atoms with E-state index in [4.69, 9.17) is 16.3 Å². The second kappa shape index (κ2) is 15.0. The molecule has 2 aromatic carbocycles. The largest absolute Gasteiger partial charge is 0.489 e. The summed E-state index contributed by atoms with van der Waals surface area (Å²) in [6, 6.07) is 19.7. The summed E-state index contributed by atoms with van der Waals surface area (Å²) in [5.41, 5.74) is 4.17. The molecule has 9 heteroatoms. The van der Waals surface area contributed by atoms with Crippen LogP contribution in [0.15, 0.2) is 79.0 Å². The number of nitrogens with zero attached hydrogens (tertiary/aromatic N) is 3. The zero-order valence-electron chi connectivity index (χ0n) is 24.7. The molecule has 43 heavy (non-hydrogen) atoms. The van der Waals surface area contributed by atoms with Crippen LogP contribution < -0.4 is 20.3 Å². The van der Waals surface area contributed by atoms with Gasteiger partial charge in [0.05, 0.1) is 6.54 Å². The van der Waals surface area contributed by atoms with Crippen LogP contribution in [-0.4, -0.2) is 61.5 Å². The average Bonchev–Trinajstić information content (AvgIpc) is 3.03. The minimum absolute atomic E-state index is 0.0173. The fourth-order valence-electron chi connectivity index (χ4n) is 5.67. The fourth-order valence-corrected chi connectivity index (χ4v) is 5.79. The molecule has 0 saturated carbocycles. The molecule has 2 aliphatic rings. The Hall–Kier alpha value is -3.88. The van der Waals surface area contributed by atoms with Crippen LogP contribution in [0, 0.1) is 11.8 Å². The van der Waals surface area contributed by atoms with E-state index in [0.717, 1.165) is 47.6 Å². The third-order valence-corrected chi connectivity index (χ3v) is 8.49. The van der Waals surface area contributed by atoms with Crippen molar-refractivity contribution in [1.82, 2.24) is 20.5 Å². The first-order valence-electron chi connectivity index (χ1n) is 15.0. The Morgan fingerprint density at radius 2 is 2.02 bits per heavy atom. The van der Waals surface area contributed by atoms with E-state index in [1.807, 2.05) is 65.7 Å². The minimum Gasteiger partial charge on any atom is -0.489 e. The third-order valence-electron chi connectivity index (χ3n) is 8.23. The number of halogens is 1. The molecule has 3 aromatic rings. The van der Waals surface area contributed by atoms with E-state index in [2.05, 4.69) is 45.8 Å². The quantitative estimate of drug-likeness (QED) is 0.367. The van der Waals surface area contributed by atoms with Gasteiger partial charge in [-0.2, -0.15) is 0 Å². The van der Waals surface area contributed by atoms with Gasteiger partial charge in [-0.25, -0.2) is 0 Å². The molecule has 0 spiro atoms. The monoisotopic (exact) mass is 601 g/mol. The van der Waals surface area contributed by atoms with Crippen molar-refractivity contribution >= 4 is 29.1 Å². The van der Waals surface area contributed by atoms with E-state index in [9.17, 15) is 9.59 Å². The molecule has 3 heterocycles. The summed E-state index contributed by atoms with van der Waals surface area (Å²) in [6.07, 6.45) is 8.03. The van der Waals surface area contributed by atoms with Crippen LogP contribution in [-0.2, 0) is 29.1 Å². The zero-order chi connectivity index (χ0) is 30.0. The van der Waals surface area contributed by atoms with Crippen molar-refractivity contribution in [2.45, 2.75) is 32.4 Å². The maximum absolute atomic E-state index is 13.2. The van der Waals surface area contributed by atoms with Crippen molar-refractivity contribution in [3.63, 3.8) is 0 Å². The predicted molar refractivity (Wildman–Crippen MR) is 170 cm³/mol. The van der Waals surface area contributed by atoms with Gasteiger partial charge in [0.1, 0.15) is 12.4 Å². The molecule has 0 radical (unpaired) electrons. The van der Waals surface area contributed by atoms with Gasteiger partial charge in [-0.1, -0.05) is 42.0 Å². The first-order chi connectivity index (χ1) is 20.9. The Kier molecular flexibility index (Phi) is 10.7. The zero-order valence-corrected chi connectivity index (χ0v) is 25.4. The molecule has 2 amide bonds. The van der Waals surface area contributed by atoms with Gasteiger partial charge < -0.3 is 25.2 Å². The number of hydrogen-bond acceptors (Lipinski definition) is 6. The molecule has 5 rings (SSSR count). The second-order valence-corrected chi connectivity index (χ2v) is 11.7. The van der Waals surface area contributed by atoms with Crippen LogP contribution in [0.3, 0.4) is 0 Å². The number of carbonyl (C=O) groups excluding carboxylic acids is 2. The number of amides is 2. The Morgan fingerprint density at radius 3 is 2.84 bits per heavy atom. The smallest absolute Gasteiger partial charge is 0.236 e. The standard InChI is InChI=1S/C34H40ClN5O3/c1-39(16-14-30-6-2-3-15-37-30)31-11-12-32-28(19-31)22-36-23-34(42)40-17-13-26(27(24-40)5-4-18-43-32)20-33(41)38-21-25-7-9-29(35)10-8-25/h2-12,15,19,26-27,36H,13-14,16-18,20-24H2,1H3,(H,38,41)/b5-4+/t26-,27-/m0/s1. The third kappa shape index (κ3) is 8.81. The first-order valence-corrected chi connectivity index (χ1v) is 15.4. The van der Waals surface area contributed by atoms with Gasteiger partial charge in [0.25, 0.3) is 0 Å². The first kappa shape index (κ1) is 30.6. The summed E-state index contributed by atoms with van der Waals surface area (Å²) in [7, 11) is 2.08. The number of ether oxygens (including phenoxy) is 1. The number of pyridine rings is 1. The number of piperidine rings is 1.